The van der Waals surface area contributed by atoms with E-state index in [2.05, 4.69) is 15.5 Å². The van der Waals surface area contributed by atoms with Crippen LogP contribution in [0.2, 0.25) is 0 Å². The Balaban J connectivity index is 1.85. The molecule has 1 amide bonds. The third-order valence-corrected chi connectivity index (χ3v) is 3.88. The summed E-state index contributed by atoms with van der Waals surface area (Å²) in [5.74, 6) is 0.0696. The second-order valence-corrected chi connectivity index (χ2v) is 5.54. The van der Waals surface area contributed by atoms with Crippen molar-refractivity contribution in [1.29, 1.82) is 0 Å². The van der Waals surface area contributed by atoms with Crippen molar-refractivity contribution in [2.45, 2.75) is 11.3 Å². The molecule has 1 aromatic carbocycles. The summed E-state index contributed by atoms with van der Waals surface area (Å²) in [6.07, 6.45) is 3.14. The normalized spacial score (nSPS) is 16.9. The van der Waals surface area contributed by atoms with E-state index in [1.165, 1.54) is 0 Å². The van der Waals surface area contributed by atoms with Crippen molar-refractivity contribution in [2.75, 3.05) is 44.3 Å². The van der Waals surface area contributed by atoms with Gasteiger partial charge in [-0.05, 0) is 44.0 Å². The molecule has 2 N–H and O–H groups in total. The molecule has 0 bridgehead atoms. The summed E-state index contributed by atoms with van der Waals surface area (Å²) in [6, 6.07) is 7.95. The van der Waals surface area contributed by atoms with Gasteiger partial charge in [-0.1, -0.05) is 6.07 Å². The number of carbonyl (C=O) groups is 1. The van der Waals surface area contributed by atoms with E-state index in [4.69, 9.17) is 0 Å². The topological polar surface area (TPSA) is 44.4 Å². The van der Waals surface area contributed by atoms with Gasteiger partial charge in [0.2, 0.25) is 5.91 Å². The number of nitrogens with one attached hydrogen (secondary N) is 2. The van der Waals surface area contributed by atoms with Crippen molar-refractivity contribution in [3.63, 3.8) is 0 Å². The molecule has 1 fully saturated rings. The summed E-state index contributed by atoms with van der Waals surface area (Å²) in [5.41, 5.74) is 0.879. The first-order valence-electron chi connectivity index (χ1n) is 6.65. The van der Waals surface area contributed by atoms with Crippen molar-refractivity contribution in [3.05, 3.63) is 24.3 Å². The van der Waals surface area contributed by atoms with Crippen LogP contribution in [-0.2, 0) is 4.79 Å². The molecule has 2 rings (SSSR count). The minimum absolute atomic E-state index is 0.0696. The Hall–Kier alpha value is -1.04. The van der Waals surface area contributed by atoms with E-state index < -0.39 is 0 Å². The van der Waals surface area contributed by atoms with E-state index in [1.807, 2.05) is 30.5 Å². The molecule has 104 valence electrons. The standard InChI is InChI=1S/C14H21N3OS/c1-19-13-5-2-4-12(10-13)16-14(18)11-17-8-3-6-15-7-9-17/h2,4-5,10,15H,3,6-9,11H2,1H3,(H,16,18). The Labute approximate surface area is 118 Å². The second-order valence-electron chi connectivity index (χ2n) is 4.66. The van der Waals surface area contributed by atoms with Gasteiger partial charge in [0, 0.05) is 23.7 Å². The van der Waals surface area contributed by atoms with Crippen LogP contribution >= 0.6 is 11.8 Å². The van der Waals surface area contributed by atoms with E-state index in [-0.39, 0.29) is 5.91 Å². The molecule has 1 aliphatic rings. The lowest BCUT2D eigenvalue weighted by Crippen LogP contribution is -2.35. The Morgan fingerprint density at radius 3 is 3.16 bits per heavy atom. The van der Waals surface area contributed by atoms with Crippen LogP contribution in [0.1, 0.15) is 6.42 Å². The van der Waals surface area contributed by atoms with Crippen molar-refractivity contribution < 1.29 is 4.79 Å². The summed E-state index contributed by atoms with van der Waals surface area (Å²) in [6.45, 7) is 4.43. The molecule has 5 heteroatoms. The van der Waals surface area contributed by atoms with Gasteiger partial charge in [-0.2, -0.15) is 0 Å². The number of amides is 1. The fourth-order valence-corrected chi connectivity index (χ4v) is 2.62. The summed E-state index contributed by atoms with van der Waals surface area (Å²) in [5, 5.41) is 6.31. The molecule has 0 aliphatic carbocycles. The molecule has 1 heterocycles. The van der Waals surface area contributed by atoms with Crippen LogP contribution in [0.15, 0.2) is 29.2 Å². The van der Waals surface area contributed by atoms with Crippen LogP contribution < -0.4 is 10.6 Å². The van der Waals surface area contributed by atoms with E-state index >= 15 is 0 Å². The Bertz CT molecular complexity index is 417. The first-order valence-corrected chi connectivity index (χ1v) is 7.87. The highest BCUT2D eigenvalue weighted by Crippen LogP contribution is 2.18. The van der Waals surface area contributed by atoms with Gasteiger partial charge < -0.3 is 10.6 Å². The van der Waals surface area contributed by atoms with Crippen LogP contribution in [0.5, 0.6) is 0 Å². The van der Waals surface area contributed by atoms with Gasteiger partial charge in [0.25, 0.3) is 0 Å². The lowest BCUT2D eigenvalue weighted by atomic mass is 10.3. The van der Waals surface area contributed by atoms with Gasteiger partial charge in [-0.25, -0.2) is 0 Å². The van der Waals surface area contributed by atoms with Gasteiger partial charge in [-0.3, -0.25) is 9.69 Å². The van der Waals surface area contributed by atoms with Gasteiger partial charge in [0.15, 0.2) is 0 Å². The Morgan fingerprint density at radius 2 is 2.32 bits per heavy atom. The van der Waals surface area contributed by atoms with Crippen molar-refractivity contribution in [2.24, 2.45) is 0 Å². The predicted molar refractivity (Wildman–Crippen MR) is 80.8 cm³/mol. The van der Waals surface area contributed by atoms with E-state index in [0.29, 0.717) is 6.54 Å². The van der Waals surface area contributed by atoms with Crippen molar-refractivity contribution in [1.82, 2.24) is 10.2 Å². The lowest BCUT2D eigenvalue weighted by Gasteiger charge is -2.18. The molecule has 0 spiro atoms. The van der Waals surface area contributed by atoms with Crippen LogP contribution in [0.4, 0.5) is 5.69 Å². The summed E-state index contributed by atoms with van der Waals surface area (Å²) >= 11 is 1.68. The van der Waals surface area contributed by atoms with E-state index in [1.54, 1.807) is 11.8 Å². The molecule has 0 unspecified atom stereocenters. The largest absolute Gasteiger partial charge is 0.325 e. The van der Waals surface area contributed by atoms with Crippen LogP contribution in [0.3, 0.4) is 0 Å². The van der Waals surface area contributed by atoms with Crippen LogP contribution in [0.25, 0.3) is 0 Å². The Morgan fingerprint density at radius 1 is 1.42 bits per heavy atom. The number of carbonyl (C=O) groups excluding carboxylic acids is 1. The SMILES string of the molecule is CSc1cccc(NC(=O)CN2CCCNCC2)c1. The zero-order chi connectivity index (χ0) is 13.5. The highest BCUT2D eigenvalue weighted by molar-refractivity contribution is 7.98. The fraction of sp³-hybridized carbons (Fsp3) is 0.500. The molecule has 0 aromatic heterocycles. The smallest absolute Gasteiger partial charge is 0.238 e. The first-order chi connectivity index (χ1) is 9.28. The summed E-state index contributed by atoms with van der Waals surface area (Å²) in [4.78, 5) is 15.4. The number of hydrogen-bond acceptors (Lipinski definition) is 4. The molecular weight excluding hydrogens is 258 g/mol. The van der Waals surface area contributed by atoms with Crippen molar-refractivity contribution >= 4 is 23.4 Å². The number of benzene rings is 1. The average molecular weight is 279 g/mol. The minimum Gasteiger partial charge on any atom is -0.325 e. The third-order valence-electron chi connectivity index (χ3n) is 3.15. The van der Waals surface area contributed by atoms with Gasteiger partial charge in [0.1, 0.15) is 0 Å². The molecule has 0 saturated carbocycles. The number of hydrogen-bond donors (Lipinski definition) is 2. The van der Waals surface area contributed by atoms with Crippen LogP contribution in [0, 0.1) is 0 Å². The first kappa shape index (κ1) is 14.4. The number of nitrogens with zero attached hydrogens (tertiary/aromatic N) is 1. The molecule has 1 aromatic rings. The van der Waals surface area contributed by atoms with Gasteiger partial charge >= 0.3 is 0 Å². The highest BCUT2D eigenvalue weighted by atomic mass is 32.2. The van der Waals surface area contributed by atoms with Gasteiger partial charge in [0.05, 0.1) is 6.54 Å². The van der Waals surface area contributed by atoms with E-state index in [9.17, 15) is 4.79 Å². The average Bonchev–Trinajstić information content (AvgIpc) is 2.67. The Kier molecular flexibility index (Phi) is 5.69. The predicted octanol–water partition coefficient (Wildman–Crippen LogP) is 1.64. The van der Waals surface area contributed by atoms with E-state index in [0.717, 1.165) is 43.2 Å². The number of anilines is 1. The summed E-state index contributed by atoms with van der Waals surface area (Å²) < 4.78 is 0. The number of rotatable bonds is 4. The molecule has 4 nitrogen and oxygen atoms in total. The van der Waals surface area contributed by atoms with Crippen molar-refractivity contribution in [3.8, 4) is 0 Å². The molecule has 0 atom stereocenters. The van der Waals surface area contributed by atoms with Gasteiger partial charge in [-0.15, -0.1) is 11.8 Å². The van der Waals surface area contributed by atoms with Crippen LogP contribution in [-0.4, -0.2) is 49.8 Å². The summed E-state index contributed by atoms with van der Waals surface area (Å²) in [7, 11) is 0. The molecule has 1 saturated heterocycles. The minimum atomic E-state index is 0.0696. The zero-order valence-corrected chi connectivity index (χ0v) is 12.1. The molecular formula is C14H21N3OS. The maximum Gasteiger partial charge on any atom is 0.238 e. The molecule has 19 heavy (non-hydrogen) atoms. The highest BCUT2D eigenvalue weighted by Gasteiger charge is 2.12. The molecule has 1 aliphatic heterocycles. The third kappa shape index (κ3) is 4.86. The second kappa shape index (κ2) is 7.53. The monoisotopic (exact) mass is 279 g/mol. The molecule has 0 radical (unpaired) electrons. The fourth-order valence-electron chi connectivity index (χ4n) is 2.16. The zero-order valence-electron chi connectivity index (χ0n) is 11.3. The maximum absolute atomic E-state index is 12.0. The quantitative estimate of drug-likeness (QED) is 0.823. The maximum atomic E-state index is 12.0. The number of thioether (sulfide) groups is 1. The lowest BCUT2D eigenvalue weighted by molar-refractivity contribution is -0.117.